The number of aryl methyl sites for hydroxylation is 1. The third-order valence-electron chi connectivity index (χ3n) is 8.38. The maximum Gasteiger partial charge on any atom is 0.261 e. The number of carbonyl (C=O) groups excluding carboxylic acids is 1. The highest BCUT2D eigenvalue weighted by Crippen LogP contribution is 2.36. The van der Waals surface area contributed by atoms with Crippen LogP contribution in [0.15, 0.2) is 78.0 Å². The lowest BCUT2D eigenvalue weighted by atomic mass is 9.99. The molecule has 1 amide bonds. The van der Waals surface area contributed by atoms with Crippen LogP contribution in [0.4, 0.5) is 15.9 Å². The number of amides is 1. The Morgan fingerprint density at radius 1 is 0.958 bits per heavy atom. The molecule has 4 heterocycles. The number of rotatable bonds is 9. The van der Waals surface area contributed by atoms with Crippen LogP contribution in [-0.2, 0) is 11.3 Å². The molecule has 2 aromatic carbocycles. The summed E-state index contributed by atoms with van der Waals surface area (Å²) in [6.45, 7) is 3.96. The van der Waals surface area contributed by atoms with Gasteiger partial charge in [0.1, 0.15) is 17.2 Å². The molecule has 246 valence electrons. The predicted octanol–water partition coefficient (Wildman–Crippen LogP) is 5.76. The predicted molar refractivity (Wildman–Crippen MR) is 181 cm³/mol. The number of nitrogens with two attached hydrogens (primary N) is 1. The number of nitrogens with one attached hydrogen (secondary N) is 1. The van der Waals surface area contributed by atoms with E-state index in [0.29, 0.717) is 53.5 Å². The molecule has 11 nitrogen and oxygen atoms in total. The fourth-order valence-corrected chi connectivity index (χ4v) is 5.73. The molecule has 12 heteroatoms. The molecule has 1 aliphatic rings. The summed E-state index contributed by atoms with van der Waals surface area (Å²) in [4.78, 5) is 31.6. The third kappa shape index (κ3) is 6.88. The molecule has 0 bridgehead atoms. The van der Waals surface area contributed by atoms with Crippen molar-refractivity contribution in [3.8, 4) is 45.1 Å². The van der Waals surface area contributed by atoms with Gasteiger partial charge >= 0.3 is 0 Å². The fourth-order valence-electron chi connectivity index (χ4n) is 5.73. The smallest absolute Gasteiger partial charge is 0.261 e. The summed E-state index contributed by atoms with van der Waals surface area (Å²) < 4.78 is 33.7. The van der Waals surface area contributed by atoms with E-state index in [0.717, 1.165) is 18.4 Å². The number of methoxy groups -OCH3 is 2. The van der Waals surface area contributed by atoms with Crippen molar-refractivity contribution in [2.75, 3.05) is 38.5 Å². The number of ether oxygens (including phenoxy) is 3. The topological polar surface area (TPSA) is 143 Å². The maximum absolute atomic E-state index is 15.7. The molecule has 3 aromatic heterocycles. The van der Waals surface area contributed by atoms with Crippen molar-refractivity contribution in [3.63, 3.8) is 0 Å². The summed E-state index contributed by atoms with van der Waals surface area (Å²) in [5, 5.41) is 10.6. The van der Waals surface area contributed by atoms with Gasteiger partial charge in [0, 0.05) is 72.4 Å². The number of hydrogen-bond donors (Lipinski definition) is 2. The largest absolute Gasteiger partial charge is 0.480 e. The SMILES string of the molecule is COc1cc(-c2cnc(N)c(-c3ccc(NC(=O)c4cn(CC5CCOCC5)cc(-c5ccc(C)cc5)c4=O)cc3F)c2)c(OC)nn1. The van der Waals surface area contributed by atoms with Crippen LogP contribution in [0.3, 0.4) is 0 Å². The minimum absolute atomic E-state index is 0.0406. The number of nitrogen functional groups attached to an aromatic ring is 1. The van der Waals surface area contributed by atoms with E-state index in [1.54, 1.807) is 30.6 Å². The van der Waals surface area contributed by atoms with Crippen LogP contribution in [0.2, 0.25) is 0 Å². The van der Waals surface area contributed by atoms with Crippen molar-refractivity contribution in [1.82, 2.24) is 19.7 Å². The van der Waals surface area contributed by atoms with Crippen LogP contribution < -0.4 is 26.0 Å². The second-order valence-electron chi connectivity index (χ2n) is 11.6. The highest BCUT2D eigenvalue weighted by atomic mass is 19.1. The Morgan fingerprint density at radius 3 is 2.44 bits per heavy atom. The number of pyridine rings is 2. The number of benzene rings is 2. The molecule has 1 saturated heterocycles. The van der Waals surface area contributed by atoms with Gasteiger partial charge in [-0.25, -0.2) is 9.37 Å². The van der Waals surface area contributed by atoms with E-state index in [9.17, 15) is 9.59 Å². The van der Waals surface area contributed by atoms with E-state index in [1.165, 1.54) is 32.5 Å². The van der Waals surface area contributed by atoms with Gasteiger partial charge in [0.05, 0.1) is 19.8 Å². The van der Waals surface area contributed by atoms with Gasteiger partial charge in [0.25, 0.3) is 5.91 Å². The monoisotopic (exact) mass is 650 g/mol. The second kappa shape index (κ2) is 14.0. The van der Waals surface area contributed by atoms with E-state index in [2.05, 4.69) is 20.5 Å². The van der Waals surface area contributed by atoms with Gasteiger partial charge in [0.2, 0.25) is 17.2 Å². The molecule has 0 unspecified atom stereocenters. The van der Waals surface area contributed by atoms with Crippen molar-refractivity contribution in [2.24, 2.45) is 5.92 Å². The lowest BCUT2D eigenvalue weighted by molar-refractivity contribution is 0.0612. The first-order valence-corrected chi connectivity index (χ1v) is 15.5. The Kier molecular flexibility index (Phi) is 9.44. The normalized spacial score (nSPS) is 13.2. The van der Waals surface area contributed by atoms with Crippen LogP contribution in [-0.4, -0.2) is 53.1 Å². The van der Waals surface area contributed by atoms with Gasteiger partial charge in [-0.3, -0.25) is 9.59 Å². The maximum atomic E-state index is 15.7. The van der Waals surface area contributed by atoms with Crippen LogP contribution in [0.1, 0.15) is 28.8 Å². The molecule has 0 aliphatic carbocycles. The molecule has 6 rings (SSSR count). The quantitative estimate of drug-likeness (QED) is 0.204. The van der Waals surface area contributed by atoms with E-state index in [-0.39, 0.29) is 34.4 Å². The minimum Gasteiger partial charge on any atom is -0.480 e. The zero-order chi connectivity index (χ0) is 33.8. The van der Waals surface area contributed by atoms with Crippen molar-refractivity contribution in [2.45, 2.75) is 26.3 Å². The van der Waals surface area contributed by atoms with Crippen molar-refractivity contribution >= 4 is 17.4 Å². The summed E-state index contributed by atoms with van der Waals surface area (Å²) in [5.74, 6) is -0.360. The van der Waals surface area contributed by atoms with Gasteiger partial charge in [-0.15, -0.1) is 10.2 Å². The minimum atomic E-state index is -0.652. The zero-order valence-electron chi connectivity index (χ0n) is 26.8. The molecule has 1 fully saturated rings. The standard InChI is InChI=1S/C36H35FN6O5/c1-21-4-6-23(7-5-21)29-19-43(18-22-10-12-48-13-11-22)20-30(33(29)44)35(45)40-25-8-9-26(31(37)15-25)28-14-24(17-39-34(28)38)27-16-32(46-2)41-42-36(27)47-3/h4-9,14-17,19-20,22H,10-13,18H2,1-3H3,(H2,38,39)(H,40,45). The number of aromatic nitrogens is 4. The number of halogens is 1. The molecular formula is C36H35FN6O5. The number of hydrogen-bond acceptors (Lipinski definition) is 9. The molecule has 0 saturated carbocycles. The first-order chi connectivity index (χ1) is 23.2. The molecule has 1 aliphatic heterocycles. The third-order valence-corrected chi connectivity index (χ3v) is 8.38. The highest BCUT2D eigenvalue weighted by molar-refractivity contribution is 6.04. The lowest BCUT2D eigenvalue weighted by Crippen LogP contribution is -2.26. The first-order valence-electron chi connectivity index (χ1n) is 15.5. The van der Waals surface area contributed by atoms with Gasteiger partial charge in [-0.2, -0.15) is 0 Å². The number of anilines is 2. The number of carbonyl (C=O) groups is 1. The molecule has 0 radical (unpaired) electrons. The lowest BCUT2D eigenvalue weighted by Gasteiger charge is -2.23. The van der Waals surface area contributed by atoms with E-state index < -0.39 is 17.2 Å². The average Bonchev–Trinajstić information content (AvgIpc) is 3.10. The van der Waals surface area contributed by atoms with Crippen LogP contribution in [0.5, 0.6) is 11.8 Å². The fraction of sp³-hybridized carbons (Fsp3) is 0.250. The Hall–Kier alpha value is -5.62. The van der Waals surface area contributed by atoms with Gasteiger partial charge in [-0.1, -0.05) is 29.8 Å². The summed E-state index contributed by atoms with van der Waals surface area (Å²) in [6, 6.07) is 15.1. The van der Waals surface area contributed by atoms with Crippen molar-refractivity contribution in [1.29, 1.82) is 0 Å². The molecule has 3 N–H and O–H groups in total. The van der Waals surface area contributed by atoms with Crippen LogP contribution in [0, 0.1) is 18.7 Å². The Morgan fingerprint density at radius 2 is 1.73 bits per heavy atom. The van der Waals surface area contributed by atoms with Crippen molar-refractivity contribution in [3.05, 3.63) is 100 Å². The van der Waals surface area contributed by atoms with E-state index >= 15 is 4.39 Å². The molecule has 0 atom stereocenters. The average molecular weight is 651 g/mol. The Balaban J connectivity index is 1.31. The second-order valence-corrected chi connectivity index (χ2v) is 11.6. The van der Waals surface area contributed by atoms with Gasteiger partial charge in [-0.05, 0) is 55.5 Å². The van der Waals surface area contributed by atoms with E-state index in [1.807, 2.05) is 35.8 Å². The van der Waals surface area contributed by atoms with Crippen molar-refractivity contribution < 1.29 is 23.4 Å². The van der Waals surface area contributed by atoms with Crippen LogP contribution in [0.25, 0.3) is 33.4 Å². The summed E-state index contributed by atoms with van der Waals surface area (Å²) >= 11 is 0. The summed E-state index contributed by atoms with van der Waals surface area (Å²) in [5.41, 5.74) is 9.64. The molecule has 5 aromatic rings. The summed E-state index contributed by atoms with van der Waals surface area (Å²) in [6.07, 6.45) is 6.68. The van der Waals surface area contributed by atoms with Crippen LogP contribution >= 0.6 is 0 Å². The van der Waals surface area contributed by atoms with Gasteiger partial charge < -0.3 is 29.8 Å². The molecular weight excluding hydrogens is 615 g/mol. The Labute approximate surface area is 276 Å². The first kappa shape index (κ1) is 32.3. The molecule has 0 spiro atoms. The van der Waals surface area contributed by atoms with E-state index in [4.69, 9.17) is 19.9 Å². The highest BCUT2D eigenvalue weighted by Gasteiger charge is 2.21. The van der Waals surface area contributed by atoms with Gasteiger partial charge in [0.15, 0.2) is 0 Å². The Bertz CT molecular complexity index is 2030. The summed E-state index contributed by atoms with van der Waals surface area (Å²) in [7, 11) is 2.92. The molecule has 48 heavy (non-hydrogen) atoms. The zero-order valence-corrected chi connectivity index (χ0v) is 26.8. The number of nitrogens with zero attached hydrogens (tertiary/aromatic N) is 4.